The lowest BCUT2D eigenvalue weighted by atomic mass is 10.2. The smallest absolute Gasteiger partial charge is 0.251 e. The van der Waals surface area contributed by atoms with E-state index in [1.165, 1.54) is 12.8 Å². The Labute approximate surface area is 130 Å². The van der Waals surface area contributed by atoms with Crippen molar-refractivity contribution < 1.29 is 4.79 Å². The van der Waals surface area contributed by atoms with Crippen molar-refractivity contribution in [1.29, 1.82) is 0 Å². The summed E-state index contributed by atoms with van der Waals surface area (Å²) in [6.07, 6.45) is 5.81. The van der Waals surface area contributed by atoms with Crippen LogP contribution >= 0.6 is 0 Å². The highest BCUT2D eigenvalue weighted by atomic mass is 16.1. The van der Waals surface area contributed by atoms with Crippen LogP contribution in [0.15, 0.2) is 42.7 Å². The van der Waals surface area contributed by atoms with E-state index in [2.05, 4.69) is 20.2 Å². The van der Waals surface area contributed by atoms with Gasteiger partial charge < -0.3 is 10.2 Å². The molecule has 2 aromatic heterocycles. The van der Waals surface area contributed by atoms with Crippen LogP contribution in [-0.4, -0.2) is 29.0 Å². The highest BCUT2D eigenvalue weighted by Crippen LogP contribution is 2.19. The standard InChI is InChI=1S/C17H20N4O/c1-13(15-6-2-3-8-18-15)20-17(22)14-7-9-19-16(12-14)21-10-4-5-11-21/h2-3,6-9,12-13H,4-5,10-11H2,1H3,(H,20,22)/t13-/m0/s1. The molecular weight excluding hydrogens is 276 g/mol. The first kappa shape index (κ1) is 14.5. The maximum Gasteiger partial charge on any atom is 0.251 e. The van der Waals surface area contributed by atoms with Gasteiger partial charge in [0.05, 0.1) is 11.7 Å². The molecule has 3 rings (SSSR count). The number of anilines is 1. The van der Waals surface area contributed by atoms with Gasteiger partial charge in [0.15, 0.2) is 0 Å². The van der Waals surface area contributed by atoms with Crippen LogP contribution in [0.2, 0.25) is 0 Å². The van der Waals surface area contributed by atoms with Crippen LogP contribution in [0.5, 0.6) is 0 Å². The number of carbonyl (C=O) groups excluding carboxylic acids is 1. The van der Waals surface area contributed by atoms with E-state index in [1.54, 1.807) is 18.5 Å². The van der Waals surface area contributed by atoms with E-state index in [9.17, 15) is 4.79 Å². The van der Waals surface area contributed by atoms with E-state index < -0.39 is 0 Å². The summed E-state index contributed by atoms with van der Waals surface area (Å²) in [5.74, 6) is 0.789. The predicted octanol–water partition coefficient (Wildman–Crippen LogP) is 2.57. The van der Waals surface area contributed by atoms with Crippen LogP contribution < -0.4 is 10.2 Å². The molecule has 1 saturated heterocycles. The van der Waals surface area contributed by atoms with Gasteiger partial charge in [-0.3, -0.25) is 9.78 Å². The number of rotatable bonds is 4. The van der Waals surface area contributed by atoms with Crippen LogP contribution in [0.25, 0.3) is 0 Å². The molecule has 1 atom stereocenters. The van der Waals surface area contributed by atoms with Crippen molar-refractivity contribution in [1.82, 2.24) is 15.3 Å². The zero-order valence-corrected chi connectivity index (χ0v) is 12.7. The molecule has 0 aliphatic carbocycles. The van der Waals surface area contributed by atoms with Crippen molar-refractivity contribution >= 4 is 11.7 Å². The first-order valence-electron chi connectivity index (χ1n) is 7.67. The SMILES string of the molecule is C[C@H](NC(=O)c1ccnc(N2CCCC2)c1)c1ccccn1. The molecule has 0 bridgehead atoms. The van der Waals surface area contributed by atoms with Crippen molar-refractivity contribution in [3.63, 3.8) is 0 Å². The molecule has 114 valence electrons. The summed E-state index contributed by atoms with van der Waals surface area (Å²) in [6, 6.07) is 9.18. The number of pyridine rings is 2. The van der Waals surface area contributed by atoms with Crippen molar-refractivity contribution in [2.75, 3.05) is 18.0 Å². The first-order chi connectivity index (χ1) is 10.7. The third kappa shape index (κ3) is 3.24. The van der Waals surface area contributed by atoms with Crippen LogP contribution in [0.3, 0.4) is 0 Å². The fourth-order valence-corrected chi connectivity index (χ4v) is 2.66. The van der Waals surface area contributed by atoms with Crippen LogP contribution in [-0.2, 0) is 0 Å². The molecule has 1 aliphatic rings. The quantitative estimate of drug-likeness (QED) is 0.942. The lowest BCUT2D eigenvalue weighted by Gasteiger charge is -2.17. The Morgan fingerprint density at radius 1 is 1.18 bits per heavy atom. The van der Waals surface area contributed by atoms with E-state index in [-0.39, 0.29) is 11.9 Å². The zero-order valence-electron chi connectivity index (χ0n) is 12.7. The van der Waals surface area contributed by atoms with Crippen molar-refractivity contribution in [3.05, 3.63) is 54.0 Å². The number of nitrogens with one attached hydrogen (secondary N) is 1. The van der Waals surface area contributed by atoms with E-state index in [0.717, 1.165) is 24.6 Å². The molecule has 1 fully saturated rings. The van der Waals surface area contributed by atoms with Gasteiger partial charge in [-0.2, -0.15) is 0 Å². The second-order valence-corrected chi connectivity index (χ2v) is 5.55. The minimum absolute atomic E-state index is 0.0963. The lowest BCUT2D eigenvalue weighted by molar-refractivity contribution is 0.0939. The van der Waals surface area contributed by atoms with Gasteiger partial charge in [0.2, 0.25) is 0 Å². The Kier molecular flexibility index (Phi) is 4.32. The molecular formula is C17H20N4O. The highest BCUT2D eigenvalue weighted by Gasteiger charge is 2.16. The Hall–Kier alpha value is -2.43. The third-order valence-corrected chi connectivity index (χ3v) is 3.92. The van der Waals surface area contributed by atoms with Gasteiger partial charge in [0.1, 0.15) is 5.82 Å². The summed E-state index contributed by atoms with van der Waals surface area (Å²) < 4.78 is 0. The normalized spacial score (nSPS) is 15.6. The van der Waals surface area contributed by atoms with Crippen LogP contribution in [0.1, 0.15) is 41.9 Å². The second-order valence-electron chi connectivity index (χ2n) is 5.55. The van der Waals surface area contributed by atoms with Gasteiger partial charge in [0.25, 0.3) is 5.91 Å². The summed E-state index contributed by atoms with van der Waals surface area (Å²) in [7, 11) is 0. The van der Waals surface area contributed by atoms with E-state index >= 15 is 0 Å². The maximum atomic E-state index is 12.4. The van der Waals surface area contributed by atoms with Crippen molar-refractivity contribution in [2.24, 2.45) is 0 Å². The van der Waals surface area contributed by atoms with Crippen molar-refractivity contribution in [2.45, 2.75) is 25.8 Å². The van der Waals surface area contributed by atoms with Gasteiger partial charge in [-0.25, -0.2) is 4.98 Å². The third-order valence-electron chi connectivity index (χ3n) is 3.92. The number of hydrogen-bond donors (Lipinski definition) is 1. The Bertz CT molecular complexity index is 638. The summed E-state index contributed by atoms with van der Waals surface area (Å²) in [5.41, 5.74) is 1.49. The maximum absolute atomic E-state index is 12.4. The largest absolute Gasteiger partial charge is 0.357 e. The molecule has 1 amide bonds. The number of nitrogens with zero attached hydrogens (tertiary/aromatic N) is 3. The summed E-state index contributed by atoms with van der Waals surface area (Å²) in [4.78, 5) is 23.3. The average molecular weight is 296 g/mol. The summed E-state index contributed by atoms with van der Waals surface area (Å²) >= 11 is 0. The Balaban J connectivity index is 1.71. The van der Waals surface area contributed by atoms with Gasteiger partial charge in [-0.1, -0.05) is 6.07 Å². The second kappa shape index (κ2) is 6.56. The van der Waals surface area contributed by atoms with Crippen molar-refractivity contribution in [3.8, 4) is 0 Å². The summed E-state index contributed by atoms with van der Waals surface area (Å²) in [6.45, 7) is 3.97. The Morgan fingerprint density at radius 3 is 2.73 bits per heavy atom. The minimum atomic E-state index is -0.128. The molecule has 0 aromatic carbocycles. The molecule has 0 radical (unpaired) electrons. The van der Waals surface area contributed by atoms with Gasteiger partial charge in [0, 0.05) is 31.0 Å². The molecule has 1 aliphatic heterocycles. The van der Waals surface area contributed by atoms with Crippen LogP contribution in [0, 0.1) is 0 Å². The number of carbonyl (C=O) groups is 1. The average Bonchev–Trinajstić information content (AvgIpc) is 3.10. The fourth-order valence-electron chi connectivity index (χ4n) is 2.66. The molecule has 5 heteroatoms. The van der Waals surface area contributed by atoms with Crippen LogP contribution in [0.4, 0.5) is 5.82 Å². The van der Waals surface area contributed by atoms with Gasteiger partial charge in [-0.05, 0) is 44.0 Å². The monoisotopic (exact) mass is 296 g/mol. The number of hydrogen-bond acceptors (Lipinski definition) is 4. The minimum Gasteiger partial charge on any atom is -0.357 e. The lowest BCUT2D eigenvalue weighted by Crippen LogP contribution is -2.27. The Morgan fingerprint density at radius 2 is 2.00 bits per heavy atom. The summed E-state index contributed by atoms with van der Waals surface area (Å²) in [5, 5.41) is 2.98. The molecule has 22 heavy (non-hydrogen) atoms. The first-order valence-corrected chi connectivity index (χ1v) is 7.67. The predicted molar refractivity (Wildman–Crippen MR) is 85.8 cm³/mol. The molecule has 3 heterocycles. The van der Waals surface area contributed by atoms with E-state index in [0.29, 0.717) is 5.56 Å². The zero-order chi connectivity index (χ0) is 15.4. The van der Waals surface area contributed by atoms with E-state index in [4.69, 9.17) is 0 Å². The molecule has 1 N–H and O–H groups in total. The topological polar surface area (TPSA) is 58.1 Å². The highest BCUT2D eigenvalue weighted by molar-refractivity contribution is 5.95. The molecule has 0 saturated carbocycles. The van der Waals surface area contributed by atoms with E-state index in [1.807, 2.05) is 31.2 Å². The fraction of sp³-hybridized carbons (Fsp3) is 0.353. The molecule has 0 spiro atoms. The molecule has 0 unspecified atom stereocenters. The number of amides is 1. The van der Waals surface area contributed by atoms with Gasteiger partial charge >= 0.3 is 0 Å². The van der Waals surface area contributed by atoms with Gasteiger partial charge in [-0.15, -0.1) is 0 Å². The molecule has 2 aromatic rings. The number of aromatic nitrogens is 2. The molecule has 5 nitrogen and oxygen atoms in total.